The third kappa shape index (κ3) is 1.31. The van der Waals surface area contributed by atoms with Gasteiger partial charge in [0.15, 0.2) is 0 Å². The summed E-state index contributed by atoms with van der Waals surface area (Å²) in [4.78, 5) is 9.69. The summed E-state index contributed by atoms with van der Waals surface area (Å²) in [5.74, 6) is 0. The van der Waals surface area contributed by atoms with Crippen LogP contribution in [0.4, 0.5) is 5.00 Å². The molecule has 0 saturated carbocycles. The normalized spacial score (nSPS) is 9.70. The first-order chi connectivity index (χ1) is 4.74. The molecule has 0 spiro atoms. The van der Waals surface area contributed by atoms with Crippen molar-refractivity contribution in [3.8, 4) is 0 Å². The molecule has 0 atom stereocenters. The van der Waals surface area contributed by atoms with Gasteiger partial charge >= 0.3 is 5.00 Å². The molecule has 0 bridgehead atoms. The van der Waals surface area contributed by atoms with Gasteiger partial charge in [0.1, 0.15) is 0 Å². The van der Waals surface area contributed by atoms with Crippen molar-refractivity contribution in [2.24, 2.45) is 5.73 Å². The van der Waals surface area contributed by atoms with E-state index in [1.807, 2.05) is 0 Å². The molecule has 4 nitrogen and oxygen atoms in total. The first kappa shape index (κ1) is 7.17. The van der Waals surface area contributed by atoms with Gasteiger partial charge in [0.05, 0.1) is 4.92 Å². The van der Waals surface area contributed by atoms with Gasteiger partial charge in [0.2, 0.25) is 0 Å². The number of nitrogens with two attached hydrogens (primary N) is 1. The predicted molar refractivity (Wildman–Crippen MR) is 38.9 cm³/mol. The second-order valence-electron chi connectivity index (χ2n) is 1.75. The highest BCUT2D eigenvalue weighted by Crippen LogP contribution is 2.21. The van der Waals surface area contributed by atoms with E-state index >= 15 is 0 Å². The summed E-state index contributed by atoms with van der Waals surface area (Å²) >= 11 is 1.10. The van der Waals surface area contributed by atoms with E-state index in [1.165, 1.54) is 6.07 Å². The minimum Gasteiger partial charge on any atom is -0.326 e. The lowest BCUT2D eigenvalue weighted by Crippen LogP contribution is -1.92. The Morgan fingerprint density at radius 3 is 2.80 bits per heavy atom. The van der Waals surface area contributed by atoms with Crippen molar-refractivity contribution < 1.29 is 4.92 Å². The minimum absolute atomic E-state index is 0.153. The zero-order valence-corrected chi connectivity index (χ0v) is 5.93. The SMILES string of the molecule is NCc1csc([N+](=O)[O-])c1. The fourth-order valence-electron chi connectivity index (χ4n) is 0.565. The summed E-state index contributed by atoms with van der Waals surface area (Å²) in [5.41, 5.74) is 6.06. The quantitative estimate of drug-likeness (QED) is 0.517. The van der Waals surface area contributed by atoms with Gasteiger partial charge in [-0.15, -0.1) is 0 Å². The van der Waals surface area contributed by atoms with E-state index in [2.05, 4.69) is 0 Å². The summed E-state index contributed by atoms with van der Waals surface area (Å²) in [6.45, 7) is 0.365. The number of hydrogen-bond donors (Lipinski definition) is 1. The molecule has 0 aromatic carbocycles. The Labute approximate surface area is 61.4 Å². The topological polar surface area (TPSA) is 69.2 Å². The molecule has 0 aliphatic carbocycles. The van der Waals surface area contributed by atoms with Crippen LogP contribution < -0.4 is 5.73 Å². The third-order valence-electron chi connectivity index (χ3n) is 1.06. The predicted octanol–water partition coefficient (Wildman–Crippen LogP) is 1.11. The molecule has 0 fully saturated rings. The molecule has 0 aliphatic rings. The van der Waals surface area contributed by atoms with Crippen LogP contribution in [0.1, 0.15) is 5.56 Å². The van der Waals surface area contributed by atoms with Crippen LogP contribution in [0.25, 0.3) is 0 Å². The van der Waals surface area contributed by atoms with E-state index in [0.29, 0.717) is 6.54 Å². The Kier molecular flexibility index (Phi) is 1.98. The van der Waals surface area contributed by atoms with Gasteiger partial charge < -0.3 is 5.73 Å². The average Bonchev–Trinajstić information content (AvgIpc) is 2.34. The largest absolute Gasteiger partial charge is 0.326 e. The second-order valence-corrected chi connectivity index (χ2v) is 2.64. The van der Waals surface area contributed by atoms with Crippen molar-refractivity contribution in [2.45, 2.75) is 6.54 Å². The molecule has 0 saturated heterocycles. The molecule has 54 valence electrons. The lowest BCUT2D eigenvalue weighted by Gasteiger charge is -1.81. The Bertz CT molecular complexity index is 246. The van der Waals surface area contributed by atoms with Crippen molar-refractivity contribution >= 4 is 16.3 Å². The smallest absolute Gasteiger partial charge is 0.324 e. The zero-order chi connectivity index (χ0) is 7.56. The van der Waals surface area contributed by atoms with Gasteiger partial charge in [-0.1, -0.05) is 11.3 Å². The van der Waals surface area contributed by atoms with E-state index in [-0.39, 0.29) is 5.00 Å². The minimum atomic E-state index is -0.413. The fourth-order valence-corrected chi connectivity index (χ4v) is 1.31. The van der Waals surface area contributed by atoms with Crippen LogP contribution >= 0.6 is 11.3 Å². The van der Waals surface area contributed by atoms with Gasteiger partial charge in [-0.05, 0) is 5.56 Å². The molecule has 0 radical (unpaired) electrons. The zero-order valence-electron chi connectivity index (χ0n) is 5.11. The maximum atomic E-state index is 10.1. The molecule has 1 aromatic rings. The lowest BCUT2D eigenvalue weighted by atomic mass is 10.3. The van der Waals surface area contributed by atoms with Gasteiger partial charge in [0.25, 0.3) is 0 Å². The molecule has 0 unspecified atom stereocenters. The van der Waals surface area contributed by atoms with Crippen LogP contribution in [0, 0.1) is 10.1 Å². The fraction of sp³-hybridized carbons (Fsp3) is 0.200. The number of nitro groups is 1. The third-order valence-corrected chi connectivity index (χ3v) is 1.98. The summed E-state index contributed by atoms with van der Waals surface area (Å²) < 4.78 is 0. The molecule has 0 amide bonds. The number of nitrogens with zero attached hydrogens (tertiary/aromatic N) is 1. The Morgan fingerprint density at radius 1 is 1.80 bits per heavy atom. The lowest BCUT2D eigenvalue weighted by molar-refractivity contribution is -0.380. The Hall–Kier alpha value is -0.940. The maximum Gasteiger partial charge on any atom is 0.324 e. The first-order valence-electron chi connectivity index (χ1n) is 2.66. The van der Waals surface area contributed by atoms with Crippen molar-refractivity contribution in [1.82, 2.24) is 0 Å². The molecular weight excluding hydrogens is 152 g/mol. The molecule has 1 heterocycles. The summed E-state index contributed by atoms with van der Waals surface area (Å²) in [6.07, 6.45) is 0. The molecule has 2 N–H and O–H groups in total. The van der Waals surface area contributed by atoms with E-state index in [1.54, 1.807) is 5.38 Å². The van der Waals surface area contributed by atoms with Crippen LogP contribution in [0.5, 0.6) is 0 Å². The van der Waals surface area contributed by atoms with E-state index < -0.39 is 4.92 Å². The summed E-state index contributed by atoms with van der Waals surface area (Å²) in [6, 6.07) is 1.49. The standard InChI is InChI=1S/C5H6N2O2S/c6-2-4-1-5(7(8)9)10-3-4/h1,3H,2,6H2. The number of thiophene rings is 1. The van der Waals surface area contributed by atoms with Crippen LogP contribution in [0.2, 0.25) is 0 Å². The molecule has 5 heteroatoms. The van der Waals surface area contributed by atoms with Gasteiger partial charge in [-0.25, -0.2) is 0 Å². The molecule has 0 aliphatic heterocycles. The highest BCUT2D eigenvalue weighted by Gasteiger charge is 2.07. The van der Waals surface area contributed by atoms with Gasteiger partial charge in [-0.2, -0.15) is 0 Å². The summed E-state index contributed by atoms with van der Waals surface area (Å²) in [5, 5.41) is 12.0. The number of hydrogen-bond acceptors (Lipinski definition) is 4. The highest BCUT2D eigenvalue weighted by atomic mass is 32.1. The van der Waals surface area contributed by atoms with E-state index in [9.17, 15) is 10.1 Å². The van der Waals surface area contributed by atoms with Crippen LogP contribution in [0.3, 0.4) is 0 Å². The molecule has 1 aromatic heterocycles. The highest BCUT2D eigenvalue weighted by molar-refractivity contribution is 7.13. The average molecular weight is 158 g/mol. The van der Waals surface area contributed by atoms with Crippen LogP contribution in [-0.4, -0.2) is 4.92 Å². The first-order valence-corrected chi connectivity index (χ1v) is 3.54. The van der Waals surface area contributed by atoms with Gasteiger partial charge in [-0.3, -0.25) is 10.1 Å². The van der Waals surface area contributed by atoms with Crippen LogP contribution in [0.15, 0.2) is 11.4 Å². The number of rotatable bonds is 2. The molecule has 1 rings (SSSR count). The molecular formula is C5H6N2O2S. The van der Waals surface area contributed by atoms with E-state index in [4.69, 9.17) is 5.73 Å². The Morgan fingerprint density at radius 2 is 2.50 bits per heavy atom. The van der Waals surface area contributed by atoms with E-state index in [0.717, 1.165) is 16.9 Å². The van der Waals surface area contributed by atoms with Crippen molar-refractivity contribution in [3.05, 3.63) is 27.1 Å². The van der Waals surface area contributed by atoms with Crippen molar-refractivity contribution in [1.29, 1.82) is 0 Å². The Balaban J connectivity index is 2.88. The maximum absolute atomic E-state index is 10.1. The molecule has 10 heavy (non-hydrogen) atoms. The monoisotopic (exact) mass is 158 g/mol. The van der Waals surface area contributed by atoms with Crippen molar-refractivity contribution in [2.75, 3.05) is 0 Å². The van der Waals surface area contributed by atoms with Crippen LogP contribution in [-0.2, 0) is 6.54 Å². The van der Waals surface area contributed by atoms with Crippen molar-refractivity contribution in [3.63, 3.8) is 0 Å². The second kappa shape index (κ2) is 2.76. The van der Waals surface area contributed by atoms with Gasteiger partial charge in [0, 0.05) is 18.0 Å². The summed E-state index contributed by atoms with van der Waals surface area (Å²) in [7, 11) is 0.